The fourth-order valence-corrected chi connectivity index (χ4v) is 1.57. The molecule has 0 aromatic carbocycles. The number of unbranched alkanes of at least 4 members (excludes halogenated alkanes) is 1. The summed E-state index contributed by atoms with van der Waals surface area (Å²) in [4.78, 5) is 11.8. The van der Waals surface area contributed by atoms with Crippen molar-refractivity contribution < 1.29 is 9.53 Å². The third-order valence-electron chi connectivity index (χ3n) is 1.61. The molecule has 0 aliphatic carbocycles. The molecule has 0 aliphatic rings. The van der Waals surface area contributed by atoms with Crippen molar-refractivity contribution in [1.29, 1.82) is 0 Å². The molecule has 2 N–H and O–H groups in total. The monoisotopic (exact) mass is 199 g/mol. The maximum atomic E-state index is 11.3. The van der Waals surface area contributed by atoms with Gasteiger partial charge in [-0.25, -0.2) is 4.79 Å². The molecule has 0 atom stereocenters. The van der Waals surface area contributed by atoms with Gasteiger partial charge in [-0.1, -0.05) is 13.3 Å². The minimum atomic E-state index is -0.305. The van der Waals surface area contributed by atoms with Gasteiger partial charge < -0.3 is 10.5 Å². The highest BCUT2D eigenvalue weighted by molar-refractivity contribution is 7.12. The normalized spacial score (nSPS) is 9.92. The quantitative estimate of drug-likeness (QED) is 0.598. The van der Waals surface area contributed by atoms with Crippen LogP contribution in [0.3, 0.4) is 0 Å². The van der Waals surface area contributed by atoms with Crippen LogP contribution in [0.1, 0.15) is 29.4 Å². The van der Waals surface area contributed by atoms with Crippen molar-refractivity contribution in [2.75, 3.05) is 12.3 Å². The van der Waals surface area contributed by atoms with Gasteiger partial charge in [-0.05, 0) is 17.9 Å². The Kier molecular flexibility index (Phi) is 3.76. The molecule has 0 radical (unpaired) electrons. The van der Waals surface area contributed by atoms with Crippen LogP contribution in [0.5, 0.6) is 0 Å². The fraction of sp³-hybridized carbons (Fsp3) is 0.444. The number of anilines is 1. The summed E-state index contributed by atoms with van der Waals surface area (Å²) >= 11 is 1.32. The Hall–Kier alpha value is -1.03. The van der Waals surface area contributed by atoms with Crippen LogP contribution < -0.4 is 5.73 Å². The van der Waals surface area contributed by atoms with Crippen LogP contribution in [0.15, 0.2) is 11.4 Å². The topological polar surface area (TPSA) is 52.3 Å². The van der Waals surface area contributed by atoms with E-state index < -0.39 is 0 Å². The van der Waals surface area contributed by atoms with E-state index in [0.717, 1.165) is 12.8 Å². The third-order valence-corrected chi connectivity index (χ3v) is 2.52. The lowest BCUT2D eigenvalue weighted by atomic mass is 10.3. The summed E-state index contributed by atoms with van der Waals surface area (Å²) in [6, 6.07) is 1.71. The van der Waals surface area contributed by atoms with Gasteiger partial charge >= 0.3 is 5.97 Å². The number of esters is 1. The first kappa shape index (κ1) is 10.1. The molecule has 0 saturated carbocycles. The maximum absolute atomic E-state index is 11.3. The van der Waals surface area contributed by atoms with Gasteiger partial charge in [-0.15, -0.1) is 11.3 Å². The molecule has 0 amide bonds. The summed E-state index contributed by atoms with van der Waals surface area (Å²) in [5, 5.41) is 1.78. The van der Waals surface area contributed by atoms with Gasteiger partial charge in [0.2, 0.25) is 0 Å². The minimum Gasteiger partial charge on any atom is -0.461 e. The zero-order valence-electron chi connectivity index (χ0n) is 7.58. The molecular formula is C9H13NO2S. The molecule has 1 aromatic rings. The molecule has 1 rings (SSSR count). The van der Waals surface area contributed by atoms with Gasteiger partial charge in [-0.3, -0.25) is 0 Å². The average molecular weight is 199 g/mol. The summed E-state index contributed by atoms with van der Waals surface area (Å²) in [6.07, 6.45) is 1.92. The fourth-order valence-electron chi connectivity index (χ4n) is 0.860. The van der Waals surface area contributed by atoms with E-state index in [9.17, 15) is 4.79 Å². The van der Waals surface area contributed by atoms with Gasteiger partial charge in [0.25, 0.3) is 0 Å². The van der Waals surface area contributed by atoms with Crippen LogP contribution in [0.2, 0.25) is 0 Å². The Labute approximate surface area is 81.5 Å². The number of nitrogen functional groups attached to an aromatic ring is 1. The number of ether oxygens (including phenoxy) is 1. The summed E-state index contributed by atoms with van der Waals surface area (Å²) in [5.41, 5.74) is 6.06. The van der Waals surface area contributed by atoms with E-state index in [1.54, 1.807) is 11.4 Å². The van der Waals surface area contributed by atoms with Gasteiger partial charge in [0.1, 0.15) is 4.88 Å². The summed E-state index contributed by atoms with van der Waals surface area (Å²) in [6.45, 7) is 2.53. The van der Waals surface area contributed by atoms with Crippen LogP contribution in [-0.2, 0) is 4.74 Å². The maximum Gasteiger partial charge on any atom is 0.350 e. The smallest absolute Gasteiger partial charge is 0.350 e. The van der Waals surface area contributed by atoms with Crippen LogP contribution in [0.4, 0.5) is 5.69 Å². The molecule has 0 aliphatic heterocycles. The molecule has 0 spiro atoms. The third kappa shape index (κ3) is 2.73. The summed E-state index contributed by atoms with van der Waals surface area (Å²) in [7, 11) is 0. The van der Waals surface area contributed by atoms with Crippen molar-refractivity contribution in [3.63, 3.8) is 0 Å². The van der Waals surface area contributed by atoms with Gasteiger partial charge in [-0.2, -0.15) is 0 Å². The highest BCUT2D eigenvalue weighted by Gasteiger charge is 2.11. The lowest BCUT2D eigenvalue weighted by Crippen LogP contribution is -2.06. The Balaban J connectivity index is 2.45. The lowest BCUT2D eigenvalue weighted by molar-refractivity contribution is 0.0506. The van der Waals surface area contributed by atoms with Crippen molar-refractivity contribution >= 4 is 23.0 Å². The molecule has 1 heterocycles. The van der Waals surface area contributed by atoms with Gasteiger partial charge in [0.05, 0.1) is 12.3 Å². The standard InChI is InChI=1S/C9H13NO2S/c1-2-3-5-12-9(11)8-7(10)4-6-13-8/h4,6H,2-3,5,10H2,1H3. The second kappa shape index (κ2) is 4.87. The molecule has 0 unspecified atom stereocenters. The molecule has 4 heteroatoms. The average Bonchev–Trinajstić information content (AvgIpc) is 2.52. The molecule has 3 nitrogen and oxygen atoms in total. The van der Waals surface area contributed by atoms with E-state index >= 15 is 0 Å². The zero-order chi connectivity index (χ0) is 9.68. The van der Waals surface area contributed by atoms with E-state index in [2.05, 4.69) is 0 Å². The largest absolute Gasteiger partial charge is 0.461 e. The van der Waals surface area contributed by atoms with Crippen molar-refractivity contribution in [3.8, 4) is 0 Å². The Bertz CT molecular complexity index is 283. The van der Waals surface area contributed by atoms with Crippen LogP contribution in [0.25, 0.3) is 0 Å². The predicted molar refractivity (Wildman–Crippen MR) is 53.9 cm³/mol. The Morgan fingerprint density at radius 1 is 1.69 bits per heavy atom. The molecule has 0 saturated heterocycles. The minimum absolute atomic E-state index is 0.305. The summed E-state index contributed by atoms with van der Waals surface area (Å²) < 4.78 is 5.00. The first-order valence-electron chi connectivity index (χ1n) is 4.25. The molecule has 0 fully saturated rings. The number of thiophene rings is 1. The number of hydrogen-bond donors (Lipinski definition) is 1. The lowest BCUT2D eigenvalue weighted by Gasteiger charge is -2.01. The molecule has 1 aromatic heterocycles. The van der Waals surface area contributed by atoms with Crippen LogP contribution >= 0.6 is 11.3 Å². The van der Waals surface area contributed by atoms with Crippen LogP contribution in [-0.4, -0.2) is 12.6 Å². The van der Waals surface area contributed by atoms with Gasteiger partial charge in [0, 0.05) is 0 Å². The van der Waals surface area contributed by atoms with Crippen molar-refractivity contribution in [2.45, 2.75) is 19.8 Å². The zero-order valence-corrected chi connectivity index (χ0v) is 8.39. The van der Waals surface area contributed by atoms with E-state index in [-0.39, 0.29) is 5.97 Å². The predicted octanol–water partition coefficient (Wildman–Crippen LogP) is 2.29. The van der Waals surface area contributed by atoms with E-state index in [1.807, 2.05) is 6.92 Å². The second-order valence-electron chi connectivity index (χ2n) is 2.69. The van der Waals surface area contributed by atoms with Gasteiger partial charge in [0.15, 0.2) is 0 Å². The highest BCUT2D eigenvalue weighted by atomic mass is 32.1. The number of rotatable bonds is 4. The summed E-state index contributed by atoms with van der Waals surface area (Å²) in [5.74, 6) is -0.305. The number of hydrogen-bond acceptors (Lipinski definition) is 4. The first-order chi connectivity index (χ1) is 6.25. The first-order valence-corrected chi connectivity index (χ1v) is 5.13. The second-order valence-corrected chi connectivity index (χ2v) is 3.61. The number of carbonyl (C=O) groups is 1. The molecule has 72 valence electrons. The molecule has 13 heavy (non-hydrogen) atoms. The van der Waals surface area contributed by atoms with E-state index in [0.29, 0.717) is 17.2 Å². The molecule has 0 bridgehead atoms. The van der Waals surface area contributed by atoms with E-state index in [4.69, 9.17) is 10.5 Å². The van der Waals surface area contributed by atoms with Crippen molar-refractivity contribution in [2.24, 2.45) is 0 Å². The number of nitrogens with two attached hydrogens (primary N) is 1. The number of carbonyl (C=O) groups excluding carboxylic acids is 1. The highest BCUT2D eigenvalue weighted by Crippen LogP contribution is 2.19. The van der Waals surface area contributed by atoms with E-state index in [1.165, 1.54) is 11.3 Å². The Morgan fingerprint density at radius 2 is 2.46 bits per heavy atom. The Morgan fingerprint density at radius 3 is 3.00 bits per heavy atom. The molecular weight excluding hydrogens is 186 g/mol. The van der Waals surface area contributed by atoms with Crippen LogP contribution in [0, 0.1) is 0 Å². The van der Waals surface area contributed by atoms with Crippen molar-refractivity contribution in [1.82, 2.24) is 0 Å². The van der Waals surface area contributed by atoms with Crippen molar-refractivity contribution in [3.05, 3.63) is 16.3 Å². The SMILES string of the molecule is CCCCOC(=O)c1sccc1N.